The zero-order valence-corrected chi connectivity index (χ0v) is 5.53. The topological polar surface area (TPSA) is 49.7 Å². The highest BCUT2D eigenvalue weighted by molar-refractivity contribution is 6.13. The van der Waals surface area contributed by atoms with Crippen molar-refractivity contribution in [2.45, 2.75) is 18.2 Å². The molecule has 54 valence electrons. The number of hydrogen-bond donors (Lipinski definition) is 2. The summed E-state index contributed by atoms with van der Waals surface area (Å²) >= 11 is 0. The monoisotopic (exact) mass is 140 g/mol. The third-order valence-electron chi connectivity index (χ3n) is 1.60. The summed E-state index contributed by atoms with van der Waals surface area (Å²) in [6.45, 7) is 3.27. The first-order chi connectivity index (χ1) is 4.66. The van der Waals surface area contributed by atoms with Gasteiger partial charge in [0, 0.05) is 6.00 Å². The van der Waals surface area contributed by atoms with Gasteiger partial charge in [-0.1, -0.05) is 6.58 Å². The molecule has 0 amide bonds. The van der Waals surface area contributed by atoms with Gasteiger partial charge in [-0.05, 0) is 5.57 Å². The first-order valence-corrected chi connectivity index (χ1v) is 3.05. The minimum Gasteiger partial charge on any atom is -0.394 e. The summed E-state index contributed by atoms with van der Waals surface area (Å²) in [7, 11) is 5.34. The first-order valence-electron chi connectivity index (χ1n) is 3.05. The minimum absolute atomic E-state index is 0.228. The van der Waals surface area contributed by atoms with Crippen LogP contribution in [0.4, 0.5) is 0 Å². The fourth-order valence-electron chi connectivity index (χ4n) is 0.900. The van der Waals surface area contributed by atoms with Crippen LogP contribution in [0.3, 0.4) is 0 Å². The van der Waals surface area contributed by atoms with Crippen molar-refractivity contribution in [3.8, 4) is 0 Å². The number of ether oxygens (including phenoxy) is 1. The Hall–Kier alpha value is -0.315. The first kappa shape index (κ1) is 7.79. The molecule has 1 aliphatic heterocycles. The van der Waals surface area contributed by atoms with Crippen LogP contribution in [0.1, 0.15) is 0 Å². The molecule has 1 saturated heterocycles. The van der Waals surface area contributed by atoms with Gasteiger partial charge in [-0.3, -0.25) is 0 Å². The maximum absolute atomic E-state index is 9.16. The van der Waals surface area contributed by atoms with Gasteiger partial charge in [0.2, 0.25) is 0 Å². The van der Waals surface area contributed by atoms with Crippen LogP contribution >= 0.6 is 0 Å². The van der Waals surface area contributed by atoms with Crippen molar-refractivity contribution in [3.05, 3.63) is 12.2 Å². The van der Waals surface area contributed by atoms with Gasteiger partial charge in [-0.15, -0.1) is 0 Å². The predicted molar refractivity (Wildman–Crippen MR) is 36.6 cm³/mol. The van der Waals surface area contributed by atoms with Crippen molar-refractivity contribution in [1.82, 2.24) is 0 Å². The second kappa shape index (κ2) is 2.74. The van der Waals surface area contributed by atoms with Gasteiger partial charge in [0.05, 0.1) is 6.61 Å². The molecule has 10 heavy (non-hydrogen) atoms. The number of hydrogen-bond acceptors (Lipinski definition) is 3. The van der Waals surface area contributed by atoms with Crippen LogP contribution in [0, 0.1) is 0 Å². The summed E-state index contributed by atoms with van der Waals surface area (Å²) in [5.74, 6) is 0. The highest BCUT2D eigenvalue weighted by Crippen LogP contribution is 2.22. The van der Waals surface area contributed by atoms with E-state index in [1.165, 1.54) is 0 Å². The molecule has 0 bridgehead atoms. The zero-order chi connectivity index (χ0) is 7.72. The quantitative estimate of drug-likeness (QED) is 0.355. The Morgan fingerprint density at radius 1 is 1.70 bits per heavy atom. The van der Waals surface area contributed by atoms with Crippen LogP contribution < -0.4 is 0 Å². The molecule has 0 saturated carbocycles. The van der Waals surface area contributed by atoms with Gasteiger partial charge in [0.15, 0.2) is 0 Å². The average Bonchev–Trinajstić information content (AvgIpc) is 2.17. The molecule has 2 radical (unpaired) electrons. The third-order valence-corrected chi connectivity index (χ3v) is 1.60. The molecular weight excluding hydrogens is 131 g/mol. The van der Waals surface area contributed by atoms with Crippen LogP contribution in [0.2, 0.25) is 0 Å². The number of aliphatic hydroxyl groups is 2. The van der Waals surface area contributed by atoms with Crippen molar-refractivity contribution in [2.75, 3.05) is 6.61 Å². The largest absolute Gasteiger partial charge is 0.394 e. The standard InChI is InChI=1S/C6H9BO3/c1-3-5(9)4(2-8)10-6(3)7/h4-6,8-9H,1-2H2. The molecule has 1 fully saturated rings. The van der Waals surface area contributed by atoms with E-state index >= 15 is 0 Å². The van der Waals surface area contributed by atoms with E-state index in [4.69, 9.17) is 22.8 Å². The Kier molecular flexibility index (Phi) is 2.13. The maximum Gasteiger partial charge on any atom is 0.115 e. The molecule has 3 unspecified atom stereocenters. The summed E-state index contributed by atoms with van der Waals surface area (Å²) in [5, 5.41) is 17.8. The van der Waals surface area contributed by atoms with Crippen LogP contribution in [0.15, 0.2) is 12.2 Å². The lowest BCUT2D eigenvalue weighted by Gasteiger charge is -2.08. The molecule has 0 aromatic carbocycles. The Labute approximate surface area is 60.7 Å². The molecule has 0 aliphatic carbocycles. The van der Waals surface area contributed by atoms with Crippen molar-refractivity contribution in [1.29, 1.82) is 0 Å². The van der Waals surface area contributed by atoms with E-state index in [-0.39, 0.29) is 6.61 Å². The summed E-state index contributed by atoms with van der Waals surface area (Å²) < 4.78 is 4.91. The van der Waals surface area contributed by atoms with E-state index in [1.807, 2.05) is 0 Å². The molecule has 0 aromatic heterocycles. The summed E-state index contributed by atoms with van der Waals surface area (Å²) in [4.78, 5) is 0. The Balaban J connectivity index is 2.61. The van der Waals surface area contributed by atoms with E-state index < -0.39 is 18.2 Å². The van der Waals surface area contributed by atoms with E-state index in [0.717, 1.165) is 0 Å². The smallest absolute Gasteiger partial charge is 0.115 e. The molecule has 1 aliphatic rings. The van der Waals surface area contributed by atoms with Crippen molar-refractivity contribution < 1.29 is 14.9 Å². The fourth-order valence-corrected chi connectivity index (χ4v) is 0.900. The van der Waals surface area contributed by atoms with Crippen molar-refractivity contribution in [2.24, 2.45) is 0 Å². The normalized spacial score (nSPS) is 40.6. The van der Waals surface area contributed by atoms with Gasteiger partial charge in [0.1, 0.15) is 20.1 Å². The van der Waals surface area contributed by atoms with Gasteiger partial charge in [0.25, 0.3) is 0 Å². The Morgan fingerprint density at radius 3 is 2.50 bits per heavy atom. The highest BCUT2D eigenvalue weighted by atomic mass is 16.5. The molecule has 0 spiro atoms. The van der Waals surface area contributed by atoms with E-state index in [0.29, 0.717) is 5.57 Å². The van der Waals surface area contributed by atoms with Gasteiger partial charge in [-0.2, -0.15) is 0 Å². The SMILES string of the molecule is [B]C1OC(CO)C(O)C1=C. The van der Waals surface area contributed by atoms with Gasteiger partial charge in [-0.25, -0.2) is 0 Å². The van der Waals surface area contributed by atoms with Crippen LogP contribution in [0.5, 0.6) is 0 Å². The fraction of sp³-hybridized carbons (Fsp3) is 0.667. The second-order valence-electron chi connectivity index (χ2n) is 2.30. The Bertz CT molecular complexity index is 148. The van der Waals surface area contributed by atoms with E-state index in [1.54, 1.807) is 0 Å². The van der Waals surface area contributed by atoms with Crippen LogP contribution in [-0.2, 0) is 4.74 Å². The van der Waals surface area contributed by atoms with Crippen LogP contribution in [0.25, 0.3) is 0 Å². The van der Waals surface area contributed by atoms with E-state index in [2.05, 4.69) is 6.58 Å². The molecule has 0 aromatic rings. The number of rotatable bonds is 1. The lowest BCUT2D eigenvalue weighted by atomic mass is 9.92. The molecule has 1 rings (SSSR count). The van der Waals surface area contributed by atoms with Crippen LogP contribution in [-0.4, -0.2) is 42.9 Å². The molecule has 3 nitrogen and oxygen atoms in total. The minimum atomic E-state index is -0.819. The van der Waals surface area contributed by atoms with E-state index in [9.17, 15) is 0 Å². The molecule has 1 heterocycles. The second-order valence-corrected chi connectivity index (χ2v) is 2.30. The number of aliphatic hydroxyl groups excluding tert-OH is 2. The van der Waals surface area contributed by atoms with Gasteiger partial charge >= 0.3 is 0 Å². The zero-order valence-electron chi connectivity index (χ0n) is 5.53. The summed E-state index contributed by atoms with van der Waals surface area (Å²) in [6.07, 6.45) is -1.41. The average molecular weight is 140 g/mol. The van der Waals surface area contributed by atoms with Gasteiger partial charge < -0.3 is 14.9 Å². The lowest BCUT2D eigenvalue weighted by molar-refractivity contribution is -0.00353. The highest BCUT2D eigenvalue weighted by Gasteiger charge is 2.33. The Morgan fingerprint density at radius 2 is 2.30 bits per heavy atom. The summed E-state index contributed by atoms with van der Waals surface area (Å²) in [6, 6.07) is -0.632. The molecule has 2 N–H and O–H groups in total. The molecular formula is C6H9BO3. The predicted octanol–water partition coefficient (Wildman–Crippen LogP) is -1.21. The third kappa shape index (κ3) is 1.10. The molecule has 3 atom stereocenters. The van der Waals surface area contributed by atoms with Crippen molar-refractivity contribution in [3.63, 3.8) is 0 Å². The molecule has 4 heteroatoms. The maximum atomic E-state index is 9.16. The van der Waals surface area contributed by atoms with Crippen molar-refractivity contribution >= 4 is 7.85 Å². The lowest BCUT2D eigenvalue weighted by Crippen LogP contribution is -2.25. The summed E-state index contributed by atoms with van der Waals surface area (Å²) in [5.41, 5.74) is 0.430.